The molecule has 3 N–H and O–H groups in total. The molecule has 4 atom stereocenters. The summed E-state index contributed by atoms with van der Waals surface area (Å²) < 4.78 is 22.9. The van der Waals surface area contributed by atoms with E-state index in [0.717, 1.165) is 20.9 Å². The van der Waals surface area contributed by atoms with Gasteiger partial charge in [-0.05, 0) is 79.0 Å². The van der Waals surface area contributed by atoms with Crippen LogP contribution >= 0.6 is 33.2 Å². The summed E-state index contributed by atoms with van der Waals surface area (Å²) in [5.41, 5.74) is 7.33. The summed E-state index contributed by atoms with van der Waals surface area (Å²) in [4.78, 5) is 61.8. The van der Waals surface area contributed by atoms with Crippen molar-refractivity contribution in [2.45, 2.75) is 73.9 Å². The number of pyridine rings is 1. The Morgan fingerprint density at radius 3 is 2.54 bits per heavy atom. The number of fused-ring (bicyclic) bond motifs is 5. The van der Waals surface area contributed by atoms with Gasteiger partial charge in [0.05, 0.1) is 36.7 Å². The van der Waals surface area contributed by atoms with Crippen molar-refractivity contribution in [2.75, 3.05) is 49.1 Å². The molecule has 4 aromatic rings. The van der Waals surface area contributed by atoms with Crippen LogP contribution in [0.4, 0.5) is 21.0 Å². The minimum Gasteiger partial charge on any atom is -0.493 e. The molecule has 4 heterocycles. The Morgan fingerprint density at radius 2 is 1.80 bits per heavy atom. The summed E-state index contributed by atoms with van der Waals surface area (Å²) >= 11 is 6.40. The number of methoxy groups -OCH3 is 1. The molecule has 4 amide bonds. The number of benzene rings is 3. The Bertz CT molecular complexity index is 2200. The van der Waals surface area contributed by atoms with Crippen molar-refractivity contribution in [2.24, 2.45) is 5.73 Å². The van der Waals surface area contributed by atoms with E-state index in [1.165, 1.54) is 28.7 Å². The summed E-state index contributed by atoms with van der Waals surface area (Å²) in [6.45, 7) is 3.10. The fourth-order valence-electron chi connectivity index (χ4n) is 7.88. The maximum Gasteiger partial charge on any atom is 0.416 e. The fourth-order valence-corrected chi connectivity index (χ4v) is 10.0. The molecule has 2 unspecified atom stereocenters. The predicted molar refractivity (Wildman–Crippen MR) is 228 cm³/mol. The fraction of sp³-hybridized carbons (Fsp3) is 0.405. The second-order valence-corrected chi connectivity index (χ2v) is 17.5. The smallest absolute Gasteiger partial charge is 0.416 e. The SMILES string of the molecule is COc1cc2c(cc1OCCCCCC(=O)N1C[C@@H](CCl)c3c1cc(OC(N)=O)c1ccccc31)N(C(=O)OCC(C)SSc1ccccn1)C(O)[C@@H]1CCCN1C2=O. The molecule has 14 nitrogen and oxygen atoms in total. The van der Waals surface area contributed by atoms with Crippen LogP contribution in [0.25, 0.3) is 10.8 Å². The maximum atomic E-state index is 13.9. The first-order valence-corrected chi connectivity index (χ1v) is 22.3. The number of aliphatic hydroxyl groups excluding tert-OH is 1. The van der Waals surface area contributed by atoms with Crippen LogP contribution in [0.15, 0.2) is 71.9 Å². The average molecular weight is 864 g/mol. The number of unbranched alkanes of at least 4 members (excludes halogenated alkanes) is 2. The van der Waals surface area contributed by atoms with Gasteiger partial charge in [0.1, 0.15) is 17.4 Å². The number of halogens is 1. The highest BCUT2D eigenvalue weighted by Gasteiger charge is 2.45. The number of amides is 4. The molecule has 17 heteroatoms. The third-order valence-electron chi connectivity index (χ3n) is 10.6. The molecular formula is C42H46ClN5O9S2. The van der Waals surface area contributed by atoms with Gasteiger partial charge in [-0.25, -0.2) is 19.5 Å². The second-order valence-electron chi connectivity index (χ2n) is 14.5. The van der Waals surface area contributed by atoms with Crippen LogP contribution in [0.1, 0.15) is 67.3 Å². The van der Waals surface area contributed by atoms with Crippen LogP contribution in [0.3, 0.4) is 0 Å². The van der Waals surface area contributed by atoms with E-state index in [1.54, 1.807) is 34.2 Å². The number of alkyl halides is 1. The predicted octanol–water partition coefficient (Wildman–Crippen LogP) is 7.72. The van der Waals surface area contributed by atoms with Gasteiger partial charge in [-0.2, -0.15) is 0 Å². The number of aliphatic hydroxyl groups is 1. The molecular weight excluding hydrogens is 818 g/mol. The van der Waals surface area contributed by atoms with Gasteiger partial charge in [-0.3, -0.25) is 9.59 Å². The topological polar surface area (TPSA) is 174 Å². The number of carbonyl (C=O) groups excluding carboxylic acids is 4. The standard InChI is InChI=1S/C42H46ClN5O9S2/c1-25(58-59-36-14-7-8-16-45-36)24-56-42(53)48-31-20-35(34(54-2)19-29(31)39(50)46-17-10-13-30(46)40(48)51)55-18-9-3-4-15-37(49)47-23-26(22-43)38-28-12-6-5-11-27(28)33(21-32(38)47)57-41(44)52/h5-8,11-12,14,16,19-21,25-26,30,40,51H,3-4,9-10,13,15,17-18,22-24H2,1-2H3,(H2,44,52)/t25?,26-,30+,40?/m1/s1. The van der Waals surface area contributed by atoms with Crippen molar-refractivity contribution in [1.82, 2.24) is 9.88 Å². The molecule has 0 saturated carbocycles. The lowest BCUT2D eigenvalue weighted by molar-refractivity contribution is -0.118. The largest absolute Gasteiger partial charge is 0.493 e. The summed E-state index contributed by atoms with van der Waals surface area (Å²) in [5.74, 6) is 0.703. The molecule has 0 bridgehead atoms. The molecule has 0 aliphatic carbocycles. The highest BCUT2D eigenvalue weighted by molar-refractivity contribution is 8.76. The van der Waals surface area contributed by atoms with Crippen molar-refractivity contribution >= 4 is 79.3 Å². The van der Waals surface area contributed by atoms with Crippen molar-refractivity contribution in [1.29, 1.82) is 0 Å². The first-order chi connectivity index (χ1) is 28.6. The number of hydrogen-bond donors (Lipinski definition) is 2. The number of ether oxygens (including phenoxy) is 4. The van der Waals surface area contributed by atoms with E-state index >= 15 is 0 Å². The van der Waals surface area contributed by atoms with Crippen LogP contribution in [-0.2, 0) is 9.53 Å². The highest BCUT2D eigenvalue weighted by atomic mass is 35.5. The van der Waals surface area contributed by atoms with Gasteiger partial charge >= 0.3 is 12.2 Å². The zero-order chi connectivity index (χ0) is 41.6. The zero-order valence-corrected chi connectivity index (χ0v) is 35.1. The second kappa shape index (κ2) is 19.0. The van der Waals surface area contributed by atoms with Crippen molar-refractivity contribution in [3.05, 3.63) is 78.0 Å². The molecule has 3 aliphatic heterocycles. The Kier molecular flexibility index (Phi) is 13.6. The van der Waals surface area contributed by atoms with Gasteiger partial charge < -0.3 is 39.6 Å². The summed E-state index contributed by atoms with van der Waals surface area (Å²) in [5, 5.41) is 13.9. The highest BCUT2D eigenvalue weighted by Crippen LogP contribution is 2.46. The number of aromatic nitrogens is 1. The van der Waals surface area contributed by atoms with E-state index in [4.69, 9.17) is 36.3 Å². The van der Waals surface area contributed by atoms with Crippen molar-refractivity contribution < 1.29 is 43.2 Å². The van der Waals surface area contributed by atoms with E-state index in [9.17, 15) is 24.3 Å². The molecule has 1 saturated heterocycles. The summed E-state index contributed by atoms with van der Waals surface area (Å²) in [6, 6.07) is 17.3. The minimum atomic E-state index is -1.34. The van der Waals surface area contributed by atoms with Crippen molar-refractivity contribution in [3.8, 4) is 17.2 Å². The van der Waals surface area contributed by atoms with Gasteiger partial charge in [0, 0.05) is 60.3 Å². The van der Waals surface area contributed by atoms with Gasteiger partial charge in [-0.1, -0.05) is 41.1 Å². The minimum absolute atomic E-state index is 0.0610. The number of rotatable bonds is 15. The lowest BCUT2D eigenvalue weighted by Gasteiger charge is -2.32. The number of carbonyl (C=O) groups is 4. The third-order valence-corrected chi connectivity index (χ3v) is 13.8. The van der Waals surface area contributed by atoms with Gasteiger partial charge in [-0.15, -0.1) is 11.6 Å². The van der Waals surface area contributed by atoms with Gasteiger partial charge in [0.2, 0.25) is 5.91 Å². The molecule has 7 rings (SSSR count). The van der Waals surface area contributed by atoms with Crippen LogP contribution in [0, 0.1) is 0 Å². The lowest BCUT2D eigenvalue weighted by Crippen LogP contribution is -2.51. The number of hydrogen-bond acceptors (Lipinski definition) is 12. The Labute approximate surface area is 355 Å². The summed E-state index contributed by atoms with van der Waals surface area (Å²) in [6.07, 6.45) is 1.96. The molecule has 59 heavy (non-hydrogen) atoms. The zero-order valence-electron chi connectivity index (χ0n) is 32.7. The quantitative estimate of drug-likeness (QED) is 0.0678. The third kappa shape index (κ3) is 9.15. The van der Waals surface area contributed by atoms with E-state index in [-0.39, 0.29) is 59.6 Å². The van der Waals surface area contributed by atoms with Crippen LogP contribution < -0.4 is 29.7 Å². The van der Waals surface area contributed by atoms with E-state index in [2.05, 4.69) is 4.98 Å². The van der Waals surface area contributed by atoms with Crippen LogP contribution in [0.2, 0.25) is 0 Å². The lowest BCUT2D eigenvalue weighted by atomic mass is 9.95. The molecule has 3 aromatic carbocycles. The van der Waals surface area contributed by atoms with Crippen LogP contribution in [0.5, 0.6) is 17.2 Å². The first-order valence-electron chi connectivity index (χ1n) is 19.5. The maximum absolute atomic E-state index is 13.9. The molecule has 1 fully saturated rings. The normalized spacial score (nSPS) is 18.8. The van der Waals surface area contributed by atoms with Crippen LogP contribution in [-0.4, -0.2) is 95.8 Å². The Hall–Kier alpha value is -4.90. The van der Waals surface area contributed by atoms with E-state index in [1.807, 2.05) is 49.4 Å². The number of anilines is 2. The molecule has 1 aromatic heterocycles. The number of nitrogens with two attached hydrogens (primary N) is 1. The first kappa shape index (κ1) is 42.2. The molecule has 0 radical (unpaired) electrons. The van der Waals surface area contributed by atoms with E-state index in [0.29, 0.717) is 73.6 Å². The summed E-state index contributed by atoms with van der Waals surface area (Å²) in [7, 11) is 4.46. The Morgan fingerprint density at radius 1 is 1.02 bits per heavy atom. The van der Waals surface area contributed by atoms with Crippen molar-refractivity contribution in [3.63, 3.8) is 0 Å². The van der Waals surface area contributed by atoms with Gasteiger partial charge in [0.15, 0.2) is 17.7 Å². The van der Waals surface area contributed by atoms with Gasteiger partial charge in [0.25, 0.3) is 5.91 Å². The van der Waals surface area contributed by atoms with E-state index < -0.39 is 24.5 Å². The number of nitrogens with zero attached hydrogens (tertiary/aromatic N) is 4. The number of primary amides is 1. The molecule has 3 aliphatic rings. The molecule has 312 valence electrons. The Balaban J connectivity index is 0.997. The monoisotopic (exact) mass is 863 g/mol. The molecule has 0 spiro atoms. The average Bonchev–Trinajstić information content (AvgIpc) is 3.87.